The van der Waals surface area contributed by atoms with Crippen molar-refractivity contribution < 1.29 is 23.2 Å². The molecule has 8 nitrogen and oxygen atoms in total. The van der Waals surface area contributed by atoms with Gasteiger partial charge in [-0.25, -0.2) is 8.78 Å². The molecule has 1 aromatic carbocycles. The van der Waals surface area contributed by atoms with Gasteiger partial charge in [-0.3, -0.25) is 14.4 Å². The summed E-state index contributed by atoms with van der Waals surface area (Å²) in [5.41, 5.74) is -0.340. The summed E-state index contributed by atoms with van der Waals surface area (Å²) in [6.07, 6.45) is 2.51. The number of benzene rings is 1. The molecule has 3 aliphatic heterocycles. The highest BCUT2D eigenvalue weighted by molar-refractivity contribution is 6.30. The smallest absolute Gasteiger partial charge is 0.255 e. The first kappa shape index (κ1) is 25.7. The zero-order valence-corrected chi connectivity index (χ0v) is 21.1. The molecule has 11 heteroatoms. The maximum atomic E-state index is 15.0. The second kappa shape index (κ2) is 9.75. The molecule has 0 aromatic heterocycles. The van der Waals surface area contributed by atoms with Crippen molar-refractivity contribution in [1.82, 2.24) is 15.5 Å². The number of hydrogen-bond acceptors (Lipinski definition) is 5. The van der Waals surface area contributed by atoms with Crippen LogP contribution in [0.1, 0.15) is 51.4 Å². The lowest BCUT2D eigenvalue weighted by Crippen LogP contribution is -2.70. The van der Waals surface area contributed by atoms with Gasteiger partial charge in [-0.15, -0.1) is 0 Å². The Morgan fingerprint density at radius 1 is 1.27 bits per heavy atom. The number of halogens is 3. The number of amides is 3. The van der Waals surface area contributed by atoms with E-state index in [9.17, 15) is 19.6 Å². The number of rotatable bonds is 7. The van der Waals surface area contributed by atoms with Crippen LogP contribution in [0.5, 0.6) is 0 Å². The molecule has 5 aliphatic rings. The van der Waals surface area contributed by atoms with Gasteiger partial charge in [-0.05, 0) is 63.1 Å². The van der Waals surface area contributed by atoms with E-state index in [1.807, 2.05) is 6.07 Å². The van der Waals surface area contributed by atoms with E-state index in [1.165, 1.54) is 4.90 Å². The van der Waals surface area contributed by atoms with Crippen LogP contribution < -0.4 is 16.0 Å². The topological polar surface area (TPSA) is 114 Å². The third-order valence-corrected chi connectivity index (χ3v) is 8.43. The van der Waals surface area contributed by atoms with Gasteiger partial charge < -0.3 is 20.9 Å². The normalized spacial score (nSPS) is 30.0. The number of nitriles is 1. The zero-order chi connectivity index (χ0) is 26.4. The lowest BCUT2D eigenvalue weighted by Gasteiger charge is -2.54. The Kier molecular flexibility index (Phi) is 6.77. The lowest BCUT2D eigenvalue weighted by molar-refractivity contribution is -0.195. The highest BCUT2D eigenvalue weighted by Crippen LogP contribution is 2.52. The molecular formula is C26H30ClF2N5O3. The molecule has 0 radical (unpaired) electrons. The van der Waals surface area contributed by atoms with Crippen molar-refractivity contribution in [3.05, 3.63) is 29.3 Å². The zero-order valence-electron chi connectivity index (χ0n) is 20.3. The van der Waals surface area contributed by atoms with Crippen molar-refractivity contribution in [2.45, 2.75) is 81.0 Å². The third kappa shape index (κ3) is 4.98. The fourth-order valence-corrected chi connectivity index (χ4v) is 6.34. The van der Waals surface area contributed by atoms with Crippen LogP contribution >= 0.6 is 11.6 Å². The largest absolute Gasteiger partial charge is 0.371 e. The predicted octanol–water partition coefficient (Wildman–Crippen LogP) is 3.22. The Labute approximate surface area is 219 Å². The molecular weight excluding hydrogens is 504 g/mol. The van der Waals surface area contributed by atoms with Crippen LogP contribution in [0.2, 0.25) is 5.02 Å². The molecule has 5 atom stereocenters. The van der Waals surface area contributed by atoms with E-state index in [1.54, 1.807) is 24.3 Å². The number of hydrogen-bond donors (Lipinski definition) is 3. The average Bonchev–Trinajstić information content (AvgIpc) is 3.64. The van der Waals surface area contributed by atoms with E-state index >= 15 is 8.78 Å². The van der Waals surface area contributed by atoms with Gasteiger partial charge in [0.25, 0.3) is 5.92 Å². The number of fused-ring (bicyclic) bond motifs is 3. The monoisotopic (exact) mass is 533 g/mol. The third-order valence-electron chi connectivity index (χ3n) is 8.20. The number of carbonyl (C=O) groups excluding carboxylic acids is 3. The molecule has 3 N–H and O–H groups in total. The predicted molar refractivity (Wildman–Crippen MR) is 132 cm³/mol. The van der Waals surface area contributed by atoms with Crippen LogP contribution in [0.3, 0.4) is 0 Å². The summed E-state index contributed by atoms with van der Waals surface area (Å²) in [6.45, 7) is 0.571. The lowest BCUT2D eigenvalue weighted by atomic mass is 9.71. The molecule has 2 aliphatic carbocycles. The molecule has 1 aromatic rings. The minimum Gasteiger partial charge on any atom is -0.371 e. The molecule has 5 fully saturated rings. The van der Waals surface area contributed by atoms with Gasteiger partial charge in [0.2, 0.25) is 17.7 Å². The summed E-state index contributed by atoms with van der Waals surface area (Å²) < 4.78 is 30.1. The number of alkyl halides is 2. The molecule has 3 amide bonds. The standard InChI is InChI=1S/C26H30ClF2N5O3/c27-16-4-1-5-17(12-16)33-25(8-9-25)24(37)34-19-6-7-20(26(28,29)13-19)21(34)23(36)32-18(14-30)11-15-3-2-10-31-22(15)35/h1,4-5,12,15,18-21,33H,2-3,6-11,13H2,(H,31,35)(H,32,36). The van der Waals surface area contributed by atoms with Crippen LogP contribution in [0, 0.1) is 23.2 Å². The van der Waals surface area contributed by atoms with Gasteiger partial charge in [0, 0.05) is 35.6 Å². The molecule has 6 rings (SSSR count). The Bertz CT molecular complexity index is 1140. The number of anilines is 1. The van der Waals surface area contributed by atoms with Crippen LogP contribution in [0.25, 0.3) is 0 Å². The SMILES string of the molecule is N#CC(CC1CCCNC1=O)NC(=O)C1C2CCC(CC2(F)F)N1C(=O)C1(Nc2cccc(Cl)c2)CC1. The van der Waals surface area contributed by atoms with E-state index in [0.29, 0.717) is 42.9 Å². The van der Waals surface area contributed by atoms with Gasteiger partial charge in [0.1, 0.15) is 17.6 Å². The van der Waals surface area contributed by atoms with Crippen molar-refractivity contribution in [2.75, 3.05) is 11.9 Å². The van der Waals surface area contributed by atoms with E-state index in [0.717, 1.165) is 6.42 Å². The van der Waals surface area contributed by atoms with Gasteiger partial charge in [-0.1, -0.05) is 17.7 Å². The number of nitrogens with one attached hydrogen (secondary N) is 3. The van der Waals surface area contributed by atoms with Gasteiger partial charge >= 0.3 is 0 Å². The molecule has 2 saturated carbocycles. The van der Waals surface area contributed by atoms with Crippen molar-refractivity contribution in [1.29, 1.82) is 5.26 Å². The first-order chi connectivity index (χ1) is 17.6. The van der Waals surface area contributed by atoms with Crippen LogP contribution in [-0.2, 0) is 14.4 Å². The van der Waals surface area contributed by atoms with Crippen molar-refractivity contribution in [3.8, 4) is 6.07 Å². The second-order valence-electron chi connectivity index (χ2n) is 10.7. The molecule has 2 bridgehead atoms. The summed E-state index contributed by atoms with van der Waals surface area (Å²) in [5.74, 6) is -6.17. The summed E-state index contributed by atoms with van der Waals surface area (Å²) in [4.78, 5) is 40.9. The number of nitrogens with zero attached hydrogens (tertiary/aromatic N) is 2. The van der Waals surface area contributed by atoms with Crippen molar-refractivity contribution in [3.63, 3.8) is 0 Å². The summed E-state index contributed by atoms with van der Waals surface area (Å²) in [7, 11) is 0. The maximum Gasteiger partial charge on any atom is 0.255 e. The van der Waals surface area contributed by atoms with Gasteiger partial charge in [0.15, 0.2) is 0 Å². The van der Waals surface area contributed by atoms with Crippen molar-refractivity contribution in [2.24, 2.45) is 11.8 Å². The van der Waals surface area contributed by atoms with E-state index < -0.39 is 53.8 Å². The highest BCUT2D eigenvalue weighted by Gasteiger charge is 2.64. The van der Waals surface area contributed by atoms with E-state index in [4.69, 9.17) is 11.6 Å². The van der Waals surface area contributed by atoms with Crippen molar-refractivity contribution >= 4 is 35.0 Å². The summed E-state index contributed by atoms with van der Waals surface area (Å²) in [5, 5.41) is 18.7. The minimum atomic E-state index is -3.09. The molecule has 5 unspecified atom stereocenters. The molecule has 3 heterocycles. The Morgan fingerprint density at radius 3 is 2.70 bits per heavy atom. The first-order valence-electron chi connectivity index (χ1n) is 12.9. The maximum absolute atomic E-state index is 15.0. The van der Waals surface area contributed by atoms with E-state index in [-0.39, 0.29) is 24.7 Å². The number of carbonyl (C=O) groups is 3. The summed E-state index contributed by atoms with van der Waals surface area (Å²) >= 11 is 6.09. The fourth-order valence-electron chi connectivity index (χ4n) is 6.15. The highest BCUT2D eigenvalue weighted by atomic mass is 35.5. The quantitative estimate of drug-likeness (QED) is 0.498. The van der Waals surface area contributed by atoms with Gasteiger partial charge in [-0.2, -0.15) is 5.26 Å². The average molecular weight is 534 g/mol. The molecule has 198 valence electrons. The van der Waals surface area contributed by atoms with E-state index in [2.05, 4.69) is 16.0 Å². The Morgan fingerprint density at radius 2 is 2.05 bits per heavy atom. The van der Waals surface area contributed by atoms with Crippen LogP contribution in [-0.4, -0.2) is 58.8 Å². The molecule has 0 spiro atoms. The first-order valence-corrected chi connectivity index (χ1v) is 13.2. The second-order valence-corrected chi connectivity index (χ2v) is 11.2. The number of piperidine rings is 3. The molecule has 3 saturated heterocycles. The summed E-state index contributed by atoms with van der Waals surface area (Å²) in [6, 6.07) is 5.75. The minimum absolute atomic E-state index is 0.0967. The van der Waals surface area contributed by atoms with Gasteiger partial charge in [0.05, 0.1) is 12.0 Å². The van der Waals surface area contributed by atoms with Crippen LogP contribution in [0.15, 0.2) is 24.3 Å². The fraction of sp³-hybridized carbons (Fsp3) is 0.615. The Hall–Kier alpha value is -2.93. The Balaban J connectivity index is 1.37. The molecule has 37 heavy (non-hydrogen) atoms. The van der Waals surface area contributed by atoms with Crippen LogP contribution in [0.4, 0.5) is 14.5 Å².